The van der Waals surface area contributed by atoms with E-state index in [4.69, 9.17) is 0 Å². The van der Waals surface area contributed by atoms with E-state index in [0.29, 0.717) is 22.7 Å². The molecule has 5 nitrogen and oxygen atoms in total. The molecule has 0 bridgehead atoms. The fraction of sp³-hybridized carbons (Fsp3) is 0.125. The van der Waals surface area contributed by atoms with Gasteiger partial charge >= 0.3 is 0 Å². The molecule has 0 saturated heterocycles. The topological polar surface area (TPSA) is 64.0 Å². The molecule has 0 atom stereocenters. The van der Waals surface area contributed by atoms with Crippen molar-refractivity contribution in [1.82, 2.24) is 9.55 Å². The zero-order valence-electron chi connectivity index (χ0n) is 17.1. The fourth-order valence-corrected chi connectivity index (χ4v) is 4.16. The smallest absolute Gasteiger partial charge is 0.266 e. The van der Waals surface area contributed by atoms with Gasteiger partial charge in [0.1, 0.15) is 11.6 Å². The molecule has 0 aliphatic rings. The molecule has 32 heavy (non-hydrogen) atoms. The lowest BCUT2D eigenvalue weighted by molar-refractivity contribution is -0.113. The number of nitrogens with one attached hydrogen (secondary N) is 1. The third-order valence-corrected chi connectivity index (χ3v) is 5.84. The van der Waals surface area contributed by atoms with Crippen molar-refractivity contribution in [3.05, 3.63) is 94.3 Å². The number of nitrogens with zero attached hydrogens (tertiary/aromatic N) is 2. The van der Waals surface area contributed by atoms with Crippen LogP contribution in [0.1, 0.15) is 12.5 Å². The Kier molecular flexibility index (Phi) is 6.32. The van der Waals surface area contributed by atoms with Gasteiger partial charge in [-0.25, -0.2) is 13.8 Å². The number of hydrogen-bond acceptors (Lipinski definition) is 4. The van der Waals surface area contributed by atoms with Gasteiger partial charge in [-0.15, -0.1) is 0 Å². The number of benzene rings is 3. The van der Waals surface area contributed by atoms with Gasteiger partial charge in [0.2, 0.25) is 5.91 Å². The van der Waals surface area contributed by atoms with Crippen molar-refractivity contribution < 1.29 is 13.6 Å². The quantitative estimate of drug-likeness (QED) is 0.333. The van der Waals surface area contributed by atoms with Crippen LogP contribution in [-0.4, -0.2) is 21.2 Å². The number of halogens is 2. The van der Waals surface area contributed by atoms with Gasteiger partial charge in [0.15, 0.2) is 5.16 Å². The predicted molar refractivity (Wildman–Crippen MR) is 122 cm³/mol. The Balaban J connectivity index is 1.70. The highest BCUT2D eigenvalue weighted by Crippen LogP contribution is 2.24. The average molecular weight is 451 g/mol. The van der Waals surface area contributed by atoms with Crippen molar-refractivity contribution >= 4 is 34.3 Å². The molecule has 0 radical (unpaired) electrons. The normalized spacial score (nSPS) is 11.0. The average Bonchev–Trinajstić information content (AvgIpc) is 2.79. The molecule has 1 amide bonds. The summed E-state index contributed by atoms with van der Waals surface area (Å²) in [4.78, 5) is 30.2. The number of anilines is 1. The number of para-hydroxylation sites is 2. The van der Waals surface area contributed by atoms with Crippen LogP contribution in [0.2, 0.25) is 0 Å². The summed E-state index contributed by atoms with van der Waals surface area (Å²) in [6.45, 7) is 1.99. The molecule has 8 heteroatoms. The first-order valence-electron chi connectivity index (χ1n) is 9.95. The summed E-state index contributed by atoms with van der Waals surface area (Å²) in [6.07, 6.45) is 0.763. The molecule has 0 unspecified atom stereocenters. The van der Waals surface area contributed by atoms with Crippen molar-refractivity contribution in [2.24, 2.45) is 0 Å². The third-order valence-electron chi connectivity index (χ3n) is 4.90. The van der Waals surface area contributed by atoms with Gasteiger partial charge < -0.3 is 5.32 Å². The largest absolute Gasteiger partial charge is 0.325 e. The van der Waals surface area contributed by atoms with Crippen LogP contribution >= 0.6 is 11.8 Å². The molecule has 0 spiro atoms. The van der Waals surface area contributed by atoms with Crippen LogP contribution in [-0.2, 0) is 11.2 Å². The van der Waals surface area contributed by atoms with Gasteiger partial charge in [0, 0.05) is 11.8 Å². The monoisotopic (exact) mass is 451 g/mol. The summed E-state index contributed by atoms with van der Waals surface area (Å²) in [5.74, 6) is -1.99. The summed E-state index contributed by atoms with van der Waals surface area (Å²) < 4.78 is 29.1. The number of thioether (sulfide) groups is 1. The Morgan fingerprint density at radius 3 is 2.59 bits per heavy atom. The Labute approximate surface area is 187 Å². The lowest BCUT2D eigenvalue weighted by Gasteiger charge is -2.14. The summed E-state index contributed by atoms with van der Waals surface area (Å²) in [6, 6.07) is 17.1. The van der Waals surface area contributed by atoms with E-state index < -0.39 is 17.2 Å². The van der Waals surface area contributed by atoms with E-state index in [-0.39, 0.29) is 22.5 Å². The van der Waals surface area contributed by atoms with Crippen molar-refractivity contribution in [1.29, 1.82) is 0 Å². The molecule has 4 rings (SSSR count). The summed E-state index contributed by atoms with van der Waals surface area (Å²) in [5.41, 5.74) is 1.51. The Bertz CT molecular complexity index is 1370. The van der Waals surface area contributed by atoms with Crippen LogP contribution in [0.25, 0.3) is 16.6 Å². The van der Waals surface area contributed by atoms with Crippen LogP contribution in [0.3, 0.4) is 0 Å². The van der Waals surface area contributed by atoms with Crippen molar-refractivity contribution in [3.63, 3.8) is 0 Å². The van der Waals surface area contributed by atoms with Crippen molar-refractivity contribution in [2.75, 3.05) is 11.1 Å². The van der Waals surface area contributed by atoms with E-state index in [9.17, 15) is 18.4 Å². The molecule has 0 fully saturated rings. The van der Waals surface area contributed by atoms with Gasteiger partial charge in [-0.3, -0.25) is 14.2 Å². The van der Waals surface area contributed by atoms with E-state index in [1.165, 1.54) is 6.07 Å². The van der Waals surface area contributed by atoms with Crippen molar-refractivity contribution in [3.8, 4) is 5.69 Å². The first-order chi connectivity index (χ1) is 15.5. The number of amides is 1. The van der Waals surface area contributed by atoms with Crippen LogP contribution in [0.15, 0.2) is 76.7 Å². The van der Waals surface area contributed by atoms with Crippen LogP contribution < -0.4 is 10.9 Å². The first-order valence-corrected chi connectivity index (χ1v) is 10.9. The zero-order chi connectivity index (χ0) is 22.7. The first kappa shape index (κ1) is 21.7. The number of rotatable bonds is 6. The molecular formula is C24H19F2N3O2S. The number of fused-ring (bicyclic) bond motifs is 1. The predicted octanol–water partition coefficient (Wildman–Crippen LogP) is 4.96. The molecule has 1 aromatic heterocycles. The van der Waals surface area contributed by atoms with Gasteiger partial charge in [-0.05, 0) is 42.3 Å². The third kappa shape index (κ3) is 4.40. The summed E-state index contributed by atoms with van der Waals surface area (Å²) >= 11 is 1.00. The van der Waals surface area contributed by atoms with E-state index in [1.54, 1.807) is 24.3 Å². The van der Waals surface area contributed by atoms with Crippen LogP contribution in [0.4, 0.5) is 14.5 Å². The number of carbonyl (C=O) groups is 1. The van der Waals surface area contributed by atoms with E-state index >= 15 is 0 Å². The van der Waals surface area contributed by atoms with Gasteiger partial charge in [-0.2, -0.15) is 0 Å². The molecular weight excluding hydrogens is 432 g/mol. The Hall–Kier alpha value is -3.52. The maximum absolute atomic E-state index is 14.5. The Morgan fingerprint density at radius 2 is 1.81 bits per heavy atom. The molecule has 3 aromatic carbocycles. The summed E-state index contributed by atoms with van der Waals surface area (Å²) in [7, 11) is 0. The second-order valence-electron chi connectivity index (χ2n) is 7.00. The molecule has 0 saturated carbocycles. The lowest BCUT2D eigenvalue weighted by atomic mass is 10.1. The van der Waals surface area contributed by atoms with E-state index in [1.807, 2.05) is 31.2 Å². The Morgan fingerprint density at radius 1 is 1.06 bits per heavy atom. The summed E-state index contributed by atoms with van der Waals surface area (Å²) in [5, 5.41) is 3.29. The van der Waals surface area contributed by atoms with Crippen LogP contribution in [0, 0.1) is 11.6 Å². The molecule has 1 N–H and O–H groups in total. The number of aromatic nitrogens is 2. The molecule has 4 aromatic rings. The highest BCUT2D eigenvalue weighted by molar-refractivity contribution is 7.99. The minimum Gasteiger partial charge on any atom is -0.325 e. The van der Waals surface area contributed by atoms with E-state index in [2.05, 4.69) is 10.3 Å². The highest BCUT2D eigenvalue weighted by Gasteiger charge is 2.18. The van der Waals surface area contributed by atoms with Gasteiger partial charge in [0.25, 0.3) is 5.56 Å². The van der Waals surface area contributed by atoms with E-state index in [0.717, 1.165) is 34.4 Å². The maximum atomic E-state index is 14.5. The number of aryl methyl sites for hydroxylation is 1. The van der Waals surface area contributed by atoms with Crippen LogP contribution in [0.5, 0.6) is 0 Å². The standard InChI is InChI=1S/C24H19F2N3O2S/c1-2-15-7-3-5-9-19(15)27-22(30)14-32-24-28-20-10-6-4-8-17(20)23(31)29(24)21-12-11-16(25)13-18(21)26/h3-13H,2,14H2,1H3,(H,27,30). The maximum Gasteiger partial charge on any atom is 0.266 e. The lowest BCUT2D eigenvalue weighted by Crippen LogP contribution is -2.24. The fourth-order valence-electron chi connectivity index (χ4n) is 3.35. The van der Waals surface area contributed by atoms with Gasteiger partial charge in [0.05, 0.1) is 22.3 Å². The molecule has 0 aliphatic heterocycles. The van der Waals surface area contributed by atoms with Gasteiger partial charge in [-0.1, -0.05) is 49.0 Å². The van der Waals surface area contributed by atoms with Crippen molar-refractivity contribution in [2.45, 2.75) is 18.5 Å². The highest BCUT2D eigenvalue weighted by atomic mass is 32.2. The molecule has 1 heterocycles. The zero-order valence-corrected chi connectivity index (χ0v) is 18.0. The second-order valence-corrected chi connectivity index (χ2v) is 7.94. The SMILES string of the molecule is CCc1ccccc1NC(=O)CSc1nc2ccccc2c(=O)n1-c1ccc(F)cc1F. The minimum atomic E-state index is -0.896. The second kappa shape index (κ2) is 9.32. The number of carbonyl (C=O) groups excluding carboxylic acids is 1. The molecule has 0 aliphatic carbocycles. The molecule has 162 valence electrons. The number of hydrogen-bond donors (Lipinski definition) is 1. The minimum absolute atomic E-state index is 0.0500.